The molecule has 166 valence electrons. The summed E-state index contributed by atoms with van der Waals surface area (Å²) in [5.41, 5.74) is -1.27. The van der Waals surface area contributed by atoms with Crippen molar-refractivity contribution in [2.75, 3.05) is 20.0 Å². The molecule has 2 aliphatic rings. The molecule has 3 rings (SSSR count). The predicted octanol–water partition coefficient (Wildman–Crippen LogP) is 5.30. The molecule has 1 aliphatic heterocycles. The van der Waals surface area contributed by atoms with E-state index >= 15 is 0 Å². The van der Waals surface area contributed by atoms with Gasteiger partial charge in [-0.3, -0.25) is 4.99 Å². The average Bonchev–Trinajstić information content (AvgIpc) is 3.39. The molecule has 1 aromatic carbocycles. The molecule has 0 unspecified atom stereocenters. The van der Waals surface area contributed by atoms with Crippen LogP contribution in [-0.4, -0.2) is 54.1 Å². The fourth-order valence-corrected chi connectivity index (χ4v) is 6.02. The van der Waals surface area contributed by atoms with Crippen molar-refractivity contribution in [3.05, 3.63) is 35.4 Å². The minimum atomic E-state index is -1.35. The zero-order valence-electron chi connectivity index (χ0n) is 17.5. The molecule has 1 aliphatic carbocycles. The van der Waals surface area contributed by atoms with Crippen LogP contribution in [0.15, 0.2) is 23.2 Å². The summed E-state index contributed by atoms with van der Waals surface area (Å²) in [5, 5.41) is 9.76. The quantitative estimate of drug-likeness (QED) is 0.341. The summed E-state index contributed by atoms with van der Waals surface area (Å²) in [7, 11) is -1.35. The van der Waals surface area contributed by atoms with Crippen LogP contribution in [0.3, 0.4) is 0 Å². The number of benzene rings is 1. The van der Waals surface area contributed by atoms with Gasteiger partial charge in [0.15, 0.2) is 16.8 Å². The van der Waals surface area contributed by atoms with E-state index in [-0.39, 0.29) is 23.4 Å². The van der Waals surface area contributed by atoms with Gasteiger partial charge in [0, 0.05) is 26.2 Å². The van der Waals surface area contributed by atoms with Crippen LogP contribution in [0.5, 0.6) is 0 Å². The molecule has 0 radical (unpaired) electrons. The number of amides is 1. The first-order valence-corrected chi connectivity index (χ1v) is 14.3. The number of hydrogen-bond donors (Lipinski definition) is 1. The zero-order chi connectivity index (χ0) is 22.3. The lowest BCUT2D eigenvalue weighted by Gasteiger charge is -2.36. The second-order valence-corrected chi connectivity index (χ2v) is 16.3. The highest BCUT2D eigenvalue weighted by Gasteiger charge is 2.67. The second-order valence-electron chi connectivity index (χ2n) is 9.26. The Labute approximate surface area is 179 Å². The minimum Gasteiger partial charge on any atom is -0.465 e. The molecule has 1 fully saturated rings. The Balaban J connectivity index is 1.92. The SMILES string of the molecule is C[C@]1(c2cccc(F)c2F)N=C(N(COCC[Si](C)(C)C)C(=O)O)S[C@@]2(CF)C[C@H]21. The van der Waals surface area contributed by atoms with Crippen molar-refractivity contribution in [1.82, 2.24) is 4.90 Å². The molecule has 10 heteroatoms. The first-order valence-electron chi connectivity index (χ1n) is 9.81. The van der Waals surface area contributed by atoms with Crippen molar-refractivity contribution < 1.29 is 27.8 Å². The summed E-state index contributed by atoms with van der Waals surface area (Å²) >= 11 is 1.05. The molecular weight excluding hydrogens is 433 g/mol. The summed E-state index contributed by atoms with van der Waals surface area (Å²) in [6, 6.07) is 4.68. The van der Waals surface area contributed by atoms with Gasteiger partial charge in [0.2, 0.25) is 0 Å². The summed E-state index contributed by atoms with van der Waals surface area (Å²) in [6.45, 7) is 7.61. The lowest BCUT2D eigenvalue weighted by Crippen LogP contribution is -2.43. The first-order chi connectivity index (χ1) is 13.9. The third-order valence-corrected chi connectivity index (χ3v) is 8.89. The molecule has 1 N–H and O–H groups in total. The molecule has 3 atom stereocenters. The second kappa shape index (κ2) is 8.20. The van der Waals surface area contributed by atoms with Crippen molar-refractivity contribution in [3.63, 3.8) is 0 Å². The molecule has 0 spiro atoms. The van der Waals surface area contributed by atoms with Crippen molar-refractivity contribution in [2.45, 2.75) is 49.3 Å². The van der Waals surface area contributed by atoms with Crippen LogP contribution in [0.2, 0.25) is 25.7 Å². The van der Waals surface area contributed by atoms with Gasteiger partial charge in [0.25, 0.3) is 0 Å². The highest BCUT2D eigenvalue weighted by molar-refractivity contribution is 8.15. The molecule has 0 bridgehead atoms. The number of alkyl halides is 1. The van der Waals surface area contributed by atoms with Crippen LogP contribution in [0.1, 0.15) is 18.9 Å². The molecule has 30 heavy (non-hydrogen) atoms. The molecule has 0 saturated heterocycles. The first kappa shape index (κ1) is 23.1. The Morgan fingerprint density at radius 1 is 1.40 bits per heavy atom. The van der Waals surface area contributed by atoms with Gasteiger partial charge in [-0.2, -0.15) is 0 Å². The van der Waals surface area contributed by atoms with E-state index in [2.05, 4.69) is 24.6 Å². The summed E-state index contributed by atoms with van der Waals surface area (Å²) in [5.74, 6) is -2.41. The summed E-state index contributed by atoms with van der Waals surface area (Å²) in [4.78, 5) is 17.4. The van der Waals surface area contributed by atoms with Crippen LogP contribution >= 0.6 is 11.8 Å². The monoisotopic (exact) mass is 460 g/mol. The van der Waals surface area contributed by atoms with Crippen LogP contribution in [0.25, 0.3) is 0 Å². The van der Waals surface area contributed by atoms with E-state index in [0.29, 0.717) is 13.0 Å². The van der Waals surface area contributed by atoms with Gasteiger partial charge < -0.3 is 9.84 Å². The van der Waals surface area contributed by atoms with E-state index < -0.39 is 42.8 Å². The van der Waals surface area contributed by atoms with Crippen LogP contribution in [0.4, 0.5) is 18.0 Å². The van der Waals surface area contributed by atoms with E-state index in [1.165, 1.54) is 12.1 Å². The Morgan fingerprint density at radius 3 is 2.70 bits per heavy atom. The topological polar surface area (TPSA) is 62.1 Å². The Bertz CT molecular complexity index is 866. The summed E-state index contributed by atoms with van der Waals surface area (Å²) in [6.07, 6.45) is -0.887. The highest BCUT2D eigenvalue weighted by atomic mass is 32.2. The van der Waals surface area contributed by atoms with Gasteiger partial charge in [-0.15, -0.1) is 0 Å². The van der Waals surface area contributed by atoms with Crippen molar-refractivity contribution in [2.24, 2.45) is 10.9 Å². The average molecular weight is 461 g/mol. The molecule has 1 saturated carbocycles. The smallest absolute Gasteiger partial charge is 0.415 e. The van der Waals surface area contributed by atoms with E-state index in [1.54, 1.807) is 6.92 Å². The van der Waals surface area contributed by atoms with Crippen LogP contribution in [0, 0.1) is 17.6 Å². The zero-order valence-corrected chi connectivity index (χ0v) is 19.4. The third kappa shape index (κ3) is 4.40. The number of carbonyl (C=O) groups is 1. The maximum absolute atomic E-state index is 14.6. The third-order valence-electron chi connectivity index (χ3n) is 5.73. The number of amidine groups is 1. The number of nitrogens with zero attached hydrogens (tertiary/aromatic N) is 2. The standard InChI is InChI=1S/C20H27F3N2O3SSi/c1-19(13-6-5-7-14(22)16(13)23)15-10-20(15,11-21)29-17(24-19)25(18(26)27)12-28-8-9-30(2,3)4/h5-7,15H,8-12H2,1-4H3,(H,26,27)/t15-,19+,20+/m0/s1. The minimum absolute atomic E-state index is 0.00520. The largest absolute Gasteiger partial charge is 0.465 e. The fraction of sp³-hybridized carbons (Fsp3) is 0.600. The van der Waals surface area contributed by atoms with Gasteiger partial charge in [0.05, 0.1) is 10.3 Å². The predicted molar refractivity (Wildman–Crippen MR) is 114 cm³/mol. The van der Waals surface area contributed by atoms with Crippen LogP contribution < -0.4 is 0 Å². The molecule has 1 heterocycles. The van der Waals surface area contributed by atoms with Gasteiger partial charge in [-0.1, -0.05) is 43.5 Å². The molecule has 5 nitrogen and oxygen atoms in total. The number of hydrogen-bond acceptors (Lipinski definition) is 4. The van der Waals surface area contributed by atoms with Gasteiger partial charge in [0.1, 0.15) is 13.4 Å². The van der Waals surface area contributed by atoms with E-state index in [4.69, 9.17) is 4.74 Å². The highest BCUT2D eigenvalue weighted by Crippen LogP contribution is 2.66. The number of aliphatic imine (C=N–C) groups is 1. The Morgan fingerprint density at radius 2 is 2.10 bits per heavy atom. The Kier molecular flexibility index (Phi) is 6.32. The maximum atomic E-state index is 14.6. The van der Waals surface area contributed by atoms with Gasteiger partial charge in [-0.05, 0) is 25.5 Å². The maximum Gasteiger partial charge on any atom is 0.415 e. The van der Waals surface area contributed by atoms with Crippen LogP contribution in [-0.2, 0) is 10.3 Å². The van der Waals surface area contributed by atoms with E-state index in [9.17, 15) is 23.1 Å². The van der Waals surface area contributed by atoms with Crippen molar-refractivity contribution in [3.8, 4) is 0 Å². The number of fused-ring (bicyclic) bond motifs is 1. The van der Waals surface area contributed by atoms with Gasteiger partial charge in [-0.25, -0.2) is 22.9 Å². The molecule has 1 aromatic rings. The molecular formula is C20H27F3N2O3SSi. The number of carboxylic acid groups (broad SMARTS) is 1. The lowest BCUT2D eigenvalue weighted by molar-refractivity contribution is 0.0701. The normalized spacial score (nSPS) is 28.0. The molecule has 0 aromatic heterocycles. The van der Waals surface area contributed by atoms with Crippen molar-refractivity contribution in [1.29, 1.82) is 0 Å². The number of halogens is 3. The van der Waals surface area contributed by atoms with Crippen molar-refractivity contribution >= 4 is 31.1 Å². The van der Waals surface area contributed by atoms with E-state index in [1.807, 2.05) is 0 Å². The van der Waals surface area contributed by atoms with E-state index in [0.717, 1.165) is 28.8 Å². The van der Waals surface area contributed by atoms with Gasteiger partial charge >= 0.3 is 6.09 Å². The number of rotatable bonds is 7. The number of thioether (sulfide) groups is 1. The molecule has 1 amide bonds. The number of ether oxygens (including phenoxy) is 1. The Hall–Kier alpha value is -1.52. The summed E-state index contributed by atoms with van der Waals surface area (Å²) < 4.78 is 47.2. The lowest BCUT2D eigenvalue weighted by atomic mass is 9.86. The fourth-order valence-electron chi connectivity index (χ4n) is 3.75.